The molecular weight excluding hydrogens is 216 g/mol. The predicted molar refractivity (Wildman–Crippen MR) is 66.0 cm³/mol. The van der Waals surface area contributed by atoms with Crippen molar-refractivity contribution in [3.05, 3.63) is 18.3 Å². The molecule has 0 aromatic carbocycles. The number of carbonyl (C=O) groups excluding carboxylic acids is 1. The van der Waals surface area contributed by atoms with Crippen LogP contribution in [0.25, 0.3) is 0 Å². The molecule has 0 atom stereocenters. The molecule has 1 N–H and O–H groups in total. The summed E-state index contributed by atoms with van der Waals surface area (Å²) in [5.41, 5.74) is 0.741. The number of pyridine rings is 1. The van der Waals surface area contributed by atoms with Gasteiger partial charge in [0.1, 0.15) is 0 Å². The standard InChI is InChI=1S/C13H18N2O2/c1-2-3-8-17-12-7-6-11(9-14-12)15-13(16)10-4-5-10/h6-7,9-10H,2-5,8H2,1H3,(H,15,16). The minimum atomic E-state index is 0.103. The van der Waals surface area contributed by atoms with Crippen LogP contribution in [0.15, 0.2) is 18.3 Å². The Morgan fingerprint density at radius 1 is 1.53 bits per heavy atom. The average Bonchev–Trinajstić information content (AvgIpc) is 3.16. The molecule has 92 valence electrons. The second-order valence-electron chi connectivity index (χ2n) is 4.35. The molecule has 4 nitrogen and oxygen atoms in total. The van der Waals surface area contributed by atoms with Crippen molar-refractivity contribution < 1.29 is 9.53 Å². The van der Waals surface area contributed by atoms with Gasteiger partial charge >= 0.3 is 0 Å². The van der Waals surface area contributed by atoms with Crippen LogP contribution in [-0.2, 0) is 4.79 Å². The summed E-state index contributed by atoms with van der Waals surface area (Å²) in [5, 5.41) is 2.84. The molecule has 1 saturated carbocycles. The first-order chi connectivity index (χ1) is 8.29. The van der Waals surface area contributed by atoms with E-state index in [1.165, 1.54) is 0 Å². The molecule has 1 amide bonds. The van der Waals surface area contributed by atoms with Crippen LogP contribution in [0.1, 0.15) is 32.6 Å². The van der Waals surface area contributed by atoms with Crippen LogP contribution in [-0.4, -0.2) is 17.5 Å². The summed E-state index contributed by atoms with van der Waals surface area (Å²) in [5.74, 6) is 0.935. The first kappa shape index (κ1) is 11.9. The molecule has 4 heteroatoms. The number of hydrogen-bond acceptors (Lipinski definition) is 3. The fraction of sp³-hybridized carbons (Fsp3) is 0.538. The number of carbonyl (C=O) groups is 1. The second kappa shape index (κ2) is 5.66. The molecule has 0 spiro atoms. The lowest BCUT2D eigenvalue weighted by molar-refractivity contribution is -0.117. The van der Waals surface area contributed by atoms with Crippen molar-refractivity contribution in [2.75, 3.05) is 11.9 Å². The van der Waals surface area contributed by atoms with Gasteiger partial charge in [0.05, 0.1) is 18.5 Å². The summed E-state index contributed by atoms with van der Waals surface area (Å²) in [6, 6.07) is 3.62. The lowest BCUT2D eigenvalue weighted by Gasteiger charge is -2.06. The monoisotopic (exact) mass is 234 g/mol. The van der Waals surface area contributed by atoms with Gasteiger partial charge in [0, 0.05) is 12.0 Å². The average molecular weight is 234 g/mol. The van der Waals surface area contributed by atoms with Gasteiger partial charge in [-0.3, -0.25) is 4.79 Å². The summed E-state index contributed by atoms with van der Waals surface area (Å²) >= 11 is 0. The smallest absolute Gasteiger partial charge is 0.227 e. The van der Waals surface area contributed by atoms with Gasteiger partial charge in [-0.2, -0.15) is 0 Å². The fourth-order valence-electron chi connectivity index (χ4n) is 1.45. The van der Waals surface area contributed by atoms with Crippen LogP contribution >= 0.6 is 0 Å². The molecule has 2 rings (SSSR count). The number of aromatic nitrogens is 1. The van der Waals surface area contributed by atoms with Crippen molar-refractivity contribution in [3.8, 4) is 5.88 Å². The topological polar surface area (TPSA) is 51.2 Å². The highest BCUT2D eigenvalue weighted by molar-refractivity contribution is 5.93. The minimum absolute atomic E-state index is 0.103. The Balaban J connectivity index is 1.82. The number of anilines is 1. The number of hydrogen-bond donors (Lipinski definition) is 1. The third-order valence-electron chi connectivity index (χ3n) is 2.70. The Labute approximate surface area is 101 Å². The molecule has 1 aromatic rings. The van der Waals surface area contributed by atoms with E-state index in [1.54, 1.807) is 12.3 Å². The Hall–Kier alpha value is -1.58. The number of amides is 1. The zero-order valence-corrected chi connectivity index (χ0v) is 10.1. The molecule has 17 heavy (non-hydrogen) atoms. The molecular formula is C13H18N2O2. The number of rotatable bonds is 6. The van der Waals surface area contributed by atoms with Gasteiger partial charge < -0.3 is 10.1 Å². The fourth-order valence-corrected chi connectivity index (χ4v) is 1.45. The van der Waals surface area contributed by atoms with Crippen molar-refractivity contribution >= 4 is 11.6 Å². The van der Waals surface area contributed by atoms with E-state index in [0.717, 1.165) is 31.4 Å². The predicted octanol–water partition coefficient (Wildman–Crippen LogP) is 2.61. The van der Waals surface area contributed by atoms with E-state index in [9.17, 15) is 4.79 Å². The van der Waals surface area contributed by atoms with E-state index >= 15 is 0 Å². The van der Waals surface area contributed by atoms with Gasteiger partial charge in [0.15, 0.2) is 0 Å². The molecule has 0 saturated heterocycles. The molecule has 1 aliphatic carbocycles. The largest absolute Gasteiger partial charge is 0.478 e. The molecule has 0 aliphatic heterocycles. The molecule has 0 unspecified atom stereocenters. The van der Waals surface area contributed by atoms with Crippen LogP contribution in [0.4, 0.5) is 5.69 Å². The zero-order valence-electron chi connectivity index (χ0n) is 10.1. The van der Waals surface area contributed by atoms with Gasteiger partial charge in [0.2, 0.25) is 11.8 Å². The maximum absolute atomic E-state index is 11.5. The Bertz CT molecular complexity index is 372. The maximum Gasteiger partial charge on any atom is 0.227 e. The molecule has 1 aromatic heterocycles. The van der Waals surface area contributed by atoms with Gasteiger partial charge in [-0.1, -0.05) is 13.3 Å². The van der Waals surface area contributed by atoms with E-state index in [4.69, 9.17) is 4.74 Å². The van der Waals surface area contributed by atoms with E-state index in [2.05, 4.69) is 17.2 Å². The third kappa shape index (κ3) is 3.73. The van der Waals surface area contributed by atoms with Gasteiger partial charge in [0.25, 0.3) is 0 Å². The summed E-state index contributed by atoms with van der Waals surface area (Å²) in [6.07, 6.45) is 5.80. The highest BCUT2D eigenvalue weighted by Gasteiger charge is 2.29. The Kier molecular flexibility index (Phi) is 3.96. The van der Waals surface area contributed by atoms with Crippen LogP contribution < -0.4 is 10.1 Å². The van der Waals surface area contributed by atoms with Crippen LogP contribution in [0.5, 0.6) is 5.88 Å². The van der Waals surface area contributed by atoms with E-state index in [-0.39, 0.29) is 11.8 Å². The quantitative estimate of drug-likeness (QED) is 0.770. The van der Waals surface area contributed by atoms with Crippen molar-refractivity contribution in [1.29, 1.82) is 0 Å². The van der Waals surface area contributed by atoms with Gasteiger partial charge in [-0.15, -0.1) is 0 Å². The summed E-state index contributed by atoms with van der Waals surface area (Å²) in [6.45, 7) is 2.81. The van der Waals surface area contributed by atoms with E-state index < -0.39 is 0 Å². The first-order valence-electron chi connectivity index (χ1n) is 6.19. The van der Waals surface area contributed by atoms with Crippen molar-refractivity contribution in [2.24, 2.45) is 5.92 Å². The van der Waals surface area contributed by atoms with Crippen molar-refractivity contribution in [1.82, 2.24) is 4.98 Å². The number of ether oxygens (including phenoxy) is 1. The van der Waals surface area contributed by atoms with Crippen LogP contribution in [0.2, 0.25) is 0 Å². The van der Waals surface area contributed by atoms with E-state index in [1.807, 2.05) is 6.07 Å². The zero-order chi connectivity index (χ0) is 12.1. The second-order valence-corrected chi connectivity index (χ2v) is 4.35. The number of nitrogens with one attached hydrogen (secondary N) is 1. The summed E-state index contributed by atoms with van der Waals surface area (Å²) in [4.78, 5) is 15.6. The molecule has 1 heterocycles. The number of nitrogens with zero attached hydrogens (tertiary/aromatic N) is 1. The summed E-state index contributed by atoms with van der Waals surface area (Å²) < 4.78 is 5.44. The maximum atomic E-state index is 11.5. The first-order valence-corrected chi connectivity index (χ1v) is 6.19. The highest BCUT2D eigenvalue weighted by Crippen LogP contribution is 2.30. The third-order valence-corrected chi connectivity index (χ3v) is 2.70. The lowest BCUT2D eigenvalue weighted by Crippen LogP contribution is -2.13. The summed E-state index contributed by atoms with van der Waals surface area (Å²) in [7, 11) is 0. The Morgan fingerprint density at radius 2 is 2.35 bits per heavy atom. The van der Waals surface area contributed by atoms with E-state index in [0.29, 0.717) is 12.5 Å². The molecule has 0 bridgehead atoms. The number of unbranched alkanes of at least 4 members (excludes halogenated alkanes) is 1. The van der Waals surface area contributed by atoms with Crippen LogP contribution in [0.3, 0.4) is 0 Å². The normalized spacial score (nSPS) is 14.4. The van der Waals surface area contributed by atoms with Crippen molar-refractivity contribution in [3.63, 3.8) is 0 Å². The molecule has 1 fully saturated rings. The lowest BCUT2D eigenvalue weighted by atomic mass is 10.3. The highest BCUT2D eigenvalue weighted by atomic mass is 16.5. The minimum Gasteiger partial charge on any atom is -0.478 e. The van der Waals surface area contributed by atoms with Crippen molar-refractivity contribution in [2.45, 2.75) is 32.6 Å². The SMILES string of the molecule is CCCCOc1ccc(NC(=O)C2CC2)cn1. The van der Waals surface area contributed by atoms with Gasteiger partial charge in [-0.05, 0) is 25.3 Å². The van der Waals surface area contributed by atoms with Gasteiger partial charge in [-0.25, -0.2) is 4.98 Å². The molecule has 0 radical (unpaired) electrons. The Morgan fingerprint density at radius 3 is 2.94 bits per heavy atom. The molecule has 1 aliphatic rings. The van der Waals surface area contributed by atoms with Crippen LogP contribution in [0, 0.1) is 5.92 Å².